The molecule has 164 valence electrons. The van der Waals surface area contributed by atoms with Crippen molar-refractivity contribution in [3.8, 4) is 0 Å². The maximum absolute atomic E-state index is 6.58. The van der Waals surface area contributed by atoms with Crippen LogP contribution in [0.4, 0.5) is 0 Å². The van der Waals surface area contributed by atoms with Gasteiger partial charge in [-0.05, 0) is 111 Å². The lowest BCUT2D eigenvalue weighted by molar-refractivity contribution is -0.0710. The fourth-order valence-electron chi connectivity index (χ4n) is 9.10. The number of ether oxygens (including phenoxy) is 1. The predicted molar refractivity (Wildman–Crippen MR) is 122 cm³/mol. The van der Waals surface area contributed by atoms with Crippen molar-refractivity contribution < 1.29 is 4.74 Å². The molecule has 0 N–H and O–H groups in total. The number of allylic oxidation sites excluding steroid dienone is 2. The molecule has 0 saturated heterocycles. The van der Waals surface area contributed by atoms with Crippen molar-refractivity contribution in [3.63, 3.8) is 0 Å². The van der Waals surface area contributed by atoms with Gasteiger partial charge in [-0.2, -0.15) is 0 Å². The van der Waals surface area contributed by atoms with Crippen LogP contribution in [-0.4, -0.2) is 12.2 Å². The number of hydrogen-bond donors (Lipinski definition) is 0. The molecule has 29 heavy (non-hydrogen) atoms. The molecule has 7 unspecified atom stereocenters. The van der Waals surface area contributed by atoms with Gasteiger partial charge in [0.2, 0.25) is 0 Å². The van der Waals surface area contributed by atoms with Gasteiger partial charge in [0, 0.05) is 0 Å². The standard InChI is InChI=1S/C28H46O/c1-19(2)28(16-17-28)29-18-20(3)23-11-12-24-22-10-9-21-8-6-7-14-26(21,4)25(22)13-15-27(23,24)5/h9,19-20,22-25H,6-8,10-18H2,1-5H3. The zero-order valence-electron chi connectivity index (χ0n) is 19.9. The summed E-state index contributed by atoms with van der Waals surface area (Å²) in [4.78, 5) is 0. The first-order chi connectivity index (χ1) is 13.8. The van der Waals surface area contributed by atoms with Gasteiger partial charge >= 0.3 is 0 Å². The fraction of sp³-hybridized carbons (Fsp3) is 0.929. The van der Waals surface area contributed by atoms with E-state index < -0.39 is 0 Å². The Labute approximate surface area is 180 Å². The van der Waals surface area contributed by atoms with E-state index >= 15 is 0 Å². The highest BCUT2D eigenvalue weighted by molar-refractivity contribution is 5.24. The van der Waals surface area contributed by atoms with E-state index in [1.807, 2.05) is 5.57 Å². The number of fused-ring (bicyclic) bond motifs is 5. The Hall–Kier alpha value is -0.300. The van der Waals surface area contributed by atoms with Crippen LogP contribution in [0.3, 0.4) is 0 Å². The maximum Gasteiger partial charge on any atom is 0.0707 e. The van der Waals surface area contributed by atoms with Crippen LogP contribution in [0.2, 0.25) is 0 Å². The Kier molecular flexibility index (Phi) is 5.05. The normalized spacial score (nSPS) is 46.5. The molecule has 7 atom stereocenters. The molecule has 0 amide bonds. The highest BCUT2D eigenvalue weighted by Crippen LogP contribution is 2.67. The Bertz CT molecular complexity index is 657. The first-order valence-electron chi connectivity index (χ1n) is 13.1. The highest BCUT2D eigenvalue weighted by atomic mass is 16.5. The first kappa shape index (κ1) is 20.6. The molecular weight excluding hydrogens is 352 g/mol. The molecule has 0 spiro atoms. The Morgan fingerprint density at radius 1 is 0.966 bits per heavy atom. The molecular formula is C28H46O. The van der Waals surface area contributed by atoms with Gasteiger partial charge in [0.05, 0.1) is 12.2 Å². The second kappa shape index (κ2) is 7.11. The molecule has 4 fully saturated rings. The second-order valence-electron chi connectivity index (χ2n) is 12.7. The van der Waals surface area contributed by atoms with Crippen LogP contribution in [0.25, 0.3) is 0 Å². The van der Waals surface area contributed by atoms with Gasteiger partial charge in [-0.15, -0.1) is 0 Å². The van der Waals surface area contributed by atoms with E-state index in [1.165, 1.54) is 70.6 Å². The van der Waals surface area contributed by atoms with E-state index in [0.717, 1.165) is 36.2 Å². The van der Waals surface area contributed by atoms with E-state index in [0.29, 0.717) is 16.7 Å². The molecule has 4 saturated carbocycles. The van der Waals surface area contributed by atoms with Crippen LogP contribution >= 0.6 is 0 Å². The molecule has 0 aromatic carbocycles. The third-order valence-electron chi connectivity index (χ3n) is 11.2. The lowest BCUT2D eigenvalue weighted by atomic mass is 9.47. The van der Waals surface area contributed by atoms with Crippen LogP contribution in [0.15, 0.2) is 11.6 Å². The zero-order chi connectivity index (χ0) is 20.4. The highest BCUT2D eigenvalue weighted by Gasteiger charge is 2.59. The van der Waals surface area contributed by atoms with Crippen molar-refractivity contribution in [3.05, 3.63) is 11.6 Å². The first-order valence-corrected chi connectivity index (χ1v) is 13.1. The van der Waals surface area contributed by atoms with Crippen molar-refractivity contribution in [2.45, 2.75) is 111 Å². The topological polar surface area (TPSA) is 9.23 Å². The molecule has 0 aromatic rings. The van der Waals surface area contributed by atoms with Gasteiger partial charge in [0.25, 0.3) is 0 Å². The molecule has 0 radical (unpaired) electrons. The summed E-state index contributed by atoms with van der Waals surface area (Å²) in [5.41, 5.74) is 3.21. The van der Waals surface area contributed by atoms with Crippen molar-refractivity contribution in [2.75, 3.05) is 6.61 Å². The summed E-state index contributed by atoms with van der Waals surface area (Å²) in [5, 5.41) is 0. The Morgan fingerprint density at radius 2 is 1.76 bits per heavy atom. The monoisotopic (exact) mass is 398 g/mol. The van der Waals surface area contributed by atoms with E-state index in [-0.39, 0.29) is 5.60 Å². The second-order valence-corrected chi connectivity index (χ2v) is 12.7. The van der Waals surface area contributed by atoms with Crippen LogP contribution in [0.5, 0.6) is 0 Å². The van der Waals surface area contributed by atoms with Crippen molar-refractivity contribution in [2.24, 2.45) is 46.3 Å². The molecule has 5 aliphatic carbocycles. The average Bonchev–Trinajstić information content (AvgIpc) is 3.41. The van der Waals surface area contributed by atoms with Crippen molar-refractivity contribution >= 4 is 0 Å². The Balaban J connectivity index is 1.31. The molecule has 1 nitrogen and oxygen atoms in total. The van der Waals surface area contributed by atoms with Gasteiger partial charge in [-0.25, -0.2) is 0 Å². The molecule has 0 aromatic heterocycles. The van der Waals surface area contributed by atoms with Crippen LogP contribution in [-0.2, 0) is 4.74 Å². The minimum absolute atomic E-state index is 0.241. The lowest BCUT2D eigenvalue weighted by Crippen LogP contribution is -2.50. The summed E-state index contributed by atoms with van der Waals surface area (Å²) < 4.78 is 6.58. The summed E-state index contributed by atoms with van der Waals surface area (Å²) in [6.07, 6.45) is 18.4. The van der Waals surface area contributed by atoms with Gasteiger partial charge in [-0.1, -0.05) is 52.7 Å². The third kappa shape index (κ3) is 3.11. The summed E-state index contributed by atoms with van der Waals surface area (Å²) in [6.45, 7) is 13.6. The molecule has 0 bridgehead atoms. The smallest absolute Gasteiger partial charge is 0.0707 e. The number of hydrogen-bond acceptors (Lipinski definition) is 1. The zero-order valence-corrected chi connectivity index (χ0v) is 19.9. The third-order valence-corrected chi connectivity index (χ3v) is 11.2. The predicted octanol–water partition coefficient (Wildman–Crippen LogP) is 7.80. The van der Waals surface area contributed by atoms with E-state index in [1.54, 1.807) is 0 Å². The van der Waals surface area contributed by atoms with E-state index in [4.69, 9.17) is 4.74 Å². The SMILES string of the molecule is CC(COC1(C(C)C)CC1)C1CCC2C3CC=C4CCCCC4(C)C3CCC12C. The van der Waals surface area contributed by atoms with Crippen LogP contribution < -0.4 is 0 Å². The number of rotatable bonds is 5. The maximum atomic E-state index is 6.58. The summed E-state index contributed by atoms with van der Waals surface area (Å²) in [7, 11) is 0. The summed E-state index contributed by atoms with van der Waals surface area (Å²) in [5.74, 6) is 5.17. The summed E-state index contributed by atoms with van der Waals surface area (Å²) in [6, 6.07) is 0. The van der Waals surface area contributed by atoms with Crippen LogP contribution in [0, 0.1) is 46.3 Å². The quantitative estimate of drug-likeness (QED) is 0.429. The minimum Gasteiger partial charge on any atom is -0.374 e. The fourth-order valence-corrected chi connectivity index (χ4v) is 9.10. The molecule has 0 heterocycles. The van der Waals surface area contributed by atoms with Gasteiger partial charge in [0.1, 0.15) is 0 Å². The largest absolute Gasteiger partial charge is 0.374 e. The molecule has 5 rings (SSSR count). The Morgan fingerprint density at radius 3 is 2.48 bits per heavy atom. The van der Waals surface area contributed by atoms with Crippen LogP contribution in [0.1, 0.15) is 105 Å². The average molecular weight is 399 g/mol. The van der Waals surface area contributed by atoms with Gasteiger partial charge < -0.3 is 4.74 Å². The van der Waals surface area contributed by atoms with E-state index in [9.17, 15) is 0 Å². The van der Waals surface area contributed by atoms with Gasteiger partial charge in [-0.3, -0.25) is 0 Å². The minimum atomic E-state index is 0.241. The van der Waals surface area contributed by atoms with Crippen molar-refractivity contribution in [1.29, 1.82) is 0 Å². The van der Waals surface area contributed by atoms with Gasteiger partial charge in [0.15, 0.2) is 0 Å². The van der Waals surface area contributed by atoms with Crippen molar-refractivity contribution in [1.82, 2.24) is 0 Å². The molecule has 1 heteroatoms. The van der Waals surface area contributed by atoms with E-state index in [2.05, 4.69) is 40.7 Å². The summed E-state index contributed by atoms with van der Waals surface area (Å²) >= 11 is 0. The lowest BCUT2D eigenvalue weighted by Gasteiger charge is -2.58. The molecule has 0 aliphatic heterocycles. The molecule has 5 aliphatic rings.